The molecule has 0 aliphatic heterocycles. The van der Waals surface area contributed by atoms with Crippen molar-refractivity contribution in [3.8, 4) is 6.07 Å². The summed E-state index contributed by atoms with van der Waals surface area (Å²) in [5, 5.41) is 21.4. The Morgan fingerprint density at radius 3 is 2.71 bits per heavy atom. The van der Waals surface area contributed by atoms with E-state index < -0.39 is 5.97 Å². The molecule has 1 aromatic heterocycles. The van der Waals surface area contributed by atoms with Crippen molar-refractivity contribution in [1.29, 1.82) is 5.26 Å². The summed E-state index contributed by atoms with van der Waals surface area (Å²) in [6, 6.07) is 8.79. The first-order chi connectivity index (χ1) is 9.92. The molecule has 106 valence electrons. The number of aryl methyl sites for hydroxylation is 2. The molecule has 6 heteroatoms. The van der Waals surface area contributed by atoms with Crippen LogP contribution in [0.2, 0.25) is 0 Å². The fourth-order valence-corrected chi connectivity index (χ4v) is 2.39. The van der Waals surface area contributed by atoms with E-state index in [0.717, 1.165) is 11.3 Å². The van der Waals surface area contributed by atoms with Gasteiger partial charge in [0.25, 0.3) is 0 Å². The number of hydrogen-bond acceptors (Lipinski definition) is 4. The molecule has 0 spiro atoms. The first kappa shape index (κ1) is 15.0. The highest BCUT2D eigenvalue weighted by Gasteiger charge is 2.12. The number of nitrogens with one attached hydrogen (secondary N) is 1. The van der Waals surface area contributed by atoms with Crippen LogP contribution in [0.15, 0.2) is 28.7 Å². The van der Waals surface area contributed by atoms with Crippen LogP contribution in [0, 0.1) is 25.2 Å². The Balaban J connectivity index is 2.46. The number of carbonyl (C=O) groups is 1. The summed E-state index contributed by atoms with van der Waals surface area (Å²) in [5.74, 6) is -0.604. The van der Waals surface area contributed by atoms with E-state index >= 15 is 0 Å². The minimum Gasteiger partial charge on any atom is -0.478 e. The maximum atomic E-state index is 11.1. The van der Waals surface area contributed by atoms with Crippen LogP contribution in [0.1, 0.15) is 27.2 Å². The van der Waals surface area contributed by atoms with E-state index in [1.54, 1.807) is 12.1 Å². The van der Waals surface area contributed by atoms with Gasteiger partial charge in [-0.3, -0.25) is 0 Å². The van der Waals surface area contributed by atoms with Crippen molar-refractivity contribution in [2.75, 3.05) is 5.32 Å². The average Bonchev–Trinajstić information content (AvgIpc) is 2.40. The lowest BCUT2D eigenvalue weighted by molar-refractivity contribution is 0.0696. The first-order valence-electron chi connectivity index (χ1n) is 6.10. The predicted octanol–water partition coefficient (Wildman–Crippen LogP) is 3.77. The molecule has 2 N–H and O–H groups in total. The number of anilines is 2. The summed E-state index contributed by atoms with van der Waals surface area (Å²) in [6.45, 7) is 3.67. The molecular weight excluding hydrogens is 334 g/mol. The second kappa shape index (κ2) is 5.94. The van der Waals surface area contributed by atoms with Gasteiger partial charge >= 0.3 is 5.97 Å². The SMILES string of the molecule is Cc1cc(C)c(C#N)c(Nc2ccc(Br)c(C(=O)O)c2)n1. The molecule has 0 amide bonds. The third kappa shape index (κ3) is 3.20. The fraction of sp³-hybridized carbons (Fsp3) is 0.133. The van der Waals surface area contributed by atoms with E-state index in [9.17, 15) is 10.1 Å². The summed E-state index contributed by atoms with van der Waals surface area (Å²) in [6.07, 6.45) is 0. The zero-order valence-corrected chi connectivity index (χ0v) is 13.0. The topological polar surface area (TPSA) is 86.0 Å². The van der Waals surface area contributed by atoms with E-state index in [-0.39, 0.29) is 5.56 Å². The lowest BCUT2D eigenvalue weighted by Crippen LogP contribution is -2.03. The molecule has 0 aliphatic carbocycles. The number of nitriles is 1. The van der Waals surface area contributed by atoms with Gasteiger partial charge in [-0.2, -0.15) is 5.26 Å². The normalized spacial score (nSPS) is 10.0. The van der Waals surface area contributed by atoms with Gasteiger partial charge < -0.3 is 10.4 Å². The molecule has 0 bridgehead atoms. The van der Waals surface area contributed by atoms with Crippen LogP contribution in [0.5, 0.6) is 0 Å². The number of pyridine rings is 1. The predicted molar refractivity (Wildman–Crippen MR) is 82.8 cm³/mol. The van der Waals surface area contributed by atoms with Crippen molar-refractivity contribution >= 4 is 33.4 Å². The number of benzene rings is 1. The molecule has 1 heterocycles. The largest absolute Gasteiger partial charge is 0.478 e. The molecule has 0 radical (unpaired) electrons. The monoisotopic (exact) mass is 345 g/mol. The summed E-state index contributed by atoms with van der Waals surface area (Å²) in [7, 11) is 0. The minimum atomic E-state index is -1.03. The van der Waals surface area contributed by atoms with Crippen LogP contribution >= 0.6 is 15.9 Å². The molecule has 0 aliphatic rings. The molecule has 5 nitrogen and oxygen atoms in total. The Labute approximate surface area is 130 Å². The molecular formula is C15H12BrN3O2. The van der Waals surface area contributed by atoms with E-state index in [0.29, 0.717) is 21.5 Å². The highest BCUT2D eigenvalue weighted by molar-refractivity contribution is 9.10. The van der Waals surface area contributed by atoms with Crippen molar-refractivity contribution in [3.05, 3.63) is 51.1 Å². The van der Waals surface area contributed by atoms with Gasteiger partial charge in [0.2, 0.25) is 0 Å². The molecule has 1 aromatic carbocycles. The molecule has 21 heavy (non-hydrogen) atoms. The maximum Gasteiger partial charge on any atom is 0.336 e. The summed E-state index contributed by atoms with van der Waals surface area (Å²) in [5.41, 5.74) is 2.75. The number of hydrogen-bond donors (Lipinski definition) is 2. The van der Waals surface area contributed by atoms with Crippen molar-refractivity contribution in [2.24, 2.45) is 0 Å². The van der Waals surface area contributed by atoms with Crippen LogP contribution in [-0.4, -0.2) is 16.1 Å². The Bertz CT molecular complexity index is 766. The summed E-state index contributed by atoms with van der Waals surface area (Å²) >= 11 is 3.19. The Morgan fingerprint density at radius 2 is 2.10 bits per heavy atom. The van der Waals surface area contributed by atoms with Gasteiger partial charge in [-0.15, -0.1) is 0 Å². The van der Waals surface area contributed by atoms with E-state index in [1.807, 2.05) is 19.9 Å². The lowest BCUT2D eigenvalue weighted by atomic mass is 10.1. The molecule has 0 fully saturated rings. The highest BCUT2D eigenvalue weighted by atomic mass is 79.9. The maximum absolute atomic E-state index is 11.1. The highest BCUT2D eigenvalue weighted by Crippen LogP contribution is 2.25. The van der Waals surface area contributed by atoms with Crippen molar-refractivity contribution < 1.29 is 9.90 Å². The summed E-state index contributed by atoms with van der Waals surface area (Å²) < 4.78 is 0.495. The van der Waals surface area contributed by atoms with Gasteiger partial charge in [-0.1, -0.05) is 0 Å². The summed E-state index contributed by atoms with van der Waals surface area (Å²) in [4.78, 5) is 15.4. The lowest BCUT2D eigenvalue weighted by Gasteiger charge is -2.11. The third-order valence-corrected chi connectivity index (χ3v) is 3.61. The van der Waals surface area contributed by atoms with Gasteiger partial charge in [0.1, 0.15) is 11.9 Å². The van der Waals surface area contributed by atoms with Crippen molar-refractivity contribution in [1.82, 2.24) is 4.98 Å². The van der Waals surface area contributed by atoms with Crippen LogP contribution in [0.25, 0.3) is 0 Å². The van der Waals surface area contributed by atoms with E-state index in [1.165, 1.54) is 6.07 Å². The fourth-order valence-electron chi connectivity index (χ4n) is 1.97. The number of carboxylic acid groups (broad SMARTS) is 1. The van der Waals surface area contributed by atoms with Gasteiger partial charge in [0.05, 0.1) is 11.1 Å². The molecule has 2 aromatic rings. The van der Waals surface area contributed by atoms with Crippen LogP contribution in [0.3, 0.4) is 0 Å². The van der Waals surface area contributed by atoms with Gasteiger partial charge in [0, 0.05) is 15.9 Å². The number of nitrogens with zero attached hydrogens (tertiary/aromatic N) is 2. The second-order valence-corrected chi connectivity index (χ2v) is 5.40. The number of rotatable bonds is 3. The molecule has 2 rings (SSSR count). The zero-order valence-electron chi connectivity index (χ0n) is 11.4. The van der Waals surface area contributed by atoms with E-state index in [2.05, 4.69) is 32.3 Å². The molecule has 0 unspecified atom stereocenters. The number of aromatic nitrogens is 1. The number of halogens is 1. The quantitative estimate of drug-likeness (QED) is 0.883. The second-order valence-electron chi connectivity index (χ2n) is 4.54. The van der Waals surface area contributed by atoms with Crippen LogP contribution in [-0.2, 0) is 0 Å². The van der Waals surface area contributed by atoms with Crippen molar-refractivity contribution in [3.63, 3.8) is 0 Å². The van der Waals surface area contributed by atoms with Crippen LogP contribution in [0.4, 0.5) is 11.5 Å². The molecule has 0 saturated heterocycles. The standard InChI is InChI=1S/C15H12BrN3O2/c1-8-5-9(2)18-14(12(8)7-17)19-10-3-4-13(16)11(6-10)15(20)21/h3-6H,1-2H3,(H,18,19)(H,20,21). The van der Waals surface area contributed by atoms with E-state index in [4.69, 9.17) is 5.11 Å². The molecule has 0 atom stereocenters. The minimum absolute atomic E-state index is 0.142. The number of carboxylic acids is 1. The zero-order chi connectivity index (χ0) is 15.6. The third-order valence-electron chi connectivity index (χ3n) is 2.92. The first-order valence-corrected chi connectivity index (χ1v) is 6.90. The van der Waals surface area contributed by atoms with Gasteiger partial charge in [0.15, 0.2) is 0 Å². The Hall–Kier alpha value is -2.39. The molecule has 0 saturated carbocycles. The Kier molecular flexibility index (Phi) is 4.24. The smallest absolute Gasteiger partial charge is 0.336 e. The van der Waals surface area contributed by atoms with Crippen molar-refractivity contribution in [2.45, 2.75) is 13.8 Å². The van der Waals surface area contributed by atoms with Crippen LogP contribution < -0.4 is 5.32 Å². The Morgan fingerprint density at radius 1 is 1.38 bits per heavy atom. The average molecular weight is 346 g/mol. The van der Waals surface area contributed by atoms with Gasteiger partial charge in [-0.25, -0.2) is 9.78 Å². The number of aromatic carboxylic acids is 1. The van der Waals surface area contributed by atoms with Gasteiger partial charge in [-0.05, 0) is 59.6 Å².